The summed E-state index contributed by atoms with van der Waals surface area (Å²) in [4.78, 5) is 14.6. The molecule has 4 rings (SSSR count). The number of hydrogen-bond acceptors (Lipinski definition) is 4. The van der Waals surface area contributed by atoms with Gasteiger partial charge in [-0.1, -0.05) is 12.1 Å². The molecular weight excluding hydrogens is 304 g/mol. The first-order chi connectivity index (χ1) is 11.7. The Morgan fingerprint density at radius 3 is 2.62 bits per heavy atom. The number of carbonyl (C=O) groups excluding carboxylic acids is 1. The van der Waals surface area contributed by atoms with Gasteiger partial charge in [0.15, 0.2) is 0 Å². The van der Waals surface area contributed by atoms with Crippen molar-refractivity contribution in [3.63, 3.8) is 0 Å². The van der Waals surface area contributed by atoms with Gasteiger partial charge in [-0.2, -0.15) is 0 Å². The van der Waals surface area contributed by atoms with Gasteiger partial charge in [0, 0.05) is 13.1 Å². The van der Waals surface area contributed by atoms with Crippen LogP contribution in [0.5, 0.6) is 5.75 Å². The van der Waals surface area contributed by atoms with Gasteiger partial charge in [-0.05, 0) is 62.7 Å². The molecule has 1 saturated carbocycles. The summed E-state index contributed by atoms with van der Waals surface area (Å²) in [5.74, 6) is 1.79. The van der Waals surface area contributed by atoms with Crippen LogP contribution < -0.4 is 10.1 Å². The number of amides is 1. The molecule has 3 aliphatic rings. The molecule has 2 N–H and O–H groups in total. The van der Waals surface area contributed by atoms with Gasteiger partial charge in [0.1, 0.15) is 11.9 Å². The maximum atomic E-state index is 12.7. The van der Waals surface area contributed by atoms with Crippen molar-refractivity contribution in [1.82, 2.24) is 10.2 Å². The Hall–Kier alpha value is -1.59. The lowest BCUT2D eigenvalue weighted by molar-refractivity contribution is -0.0235. The van der Waals surface area contributed by atoms with Gasteiger partial charge in [0.25, 0.3) is 5.91 Å². The van der Waals surface area contributed by atoms with Crippen LogP contribution in [0.2, 0.25) is 0 Å². The van der Waals surface area contributed by atoms with Crippen molar-refractivity contribution < 1.29 is 14.6 Å². The van der Waals surface area contributed by atoms with Gasteiger partial charge in [-0.3, -0.25) is 4.79 Å². The second-order valence-corrected chi connectivity index (χ2v) is 7.37. The van der Waals surface area contributed by atoms with Crippen LogP contribution in [0.4, 0.5) is 0 Å². The predicted molar refractivity (Wildman–Crippen MR) is 91.1 cm³/mol. The molecule has 0 radical (unpaired) electrons. The molecule has 5 nitrogen and oxygen atoms in total. The summed E-state index contributed by atoms with van der Waals surface area (Å²) < 4.78 is 6.16. The van der Waals surface area contributed by atoms with Crippen LogP contribution in [0, 0.1) is 11.8 Å². The maximum absolute atomic E-state index is 12.7. The van der Waals surface area contributed by atoms with Crippen LogP contribution in [0.25, 0.3) is 0 Å². The number of ether oxygens (including phenoxy) is 1. The number of rotatable bonds is 3. The molecule has 2 saturated heterocycles. The number of likely N-dealkylation sites (tertiary alicyclic amines) is 1. The highest BCUT2D eigenvalue weighted by Gasteiger charge is 2.40. The van der Waals surface area contributed by atoms with E-state index in [2.05, 4.69) is 5.32 Å². The molecule has 1 aromatic carbocycles. The molecule has 0 spiro atoms. The summed E-state index contributed by atoms with van der Waals surface area (Å²) in [5.41, 5.74) is 0.623. The third-order valence-electron chi connectivity index (χ3n) is 5.78. The number of para-hydroxylation sites is 1. The van der Waals surface area contributed by atoms with Gasteiger partial charge in [0.05, 0.1) is 11.7 Å². The summed E-state index contributed by atoms with van der Waals surface area (Å²) in [6.45, 7) is 3.66. The predicted octanol–water partition coefficient (Wildman–Crippen LogP) is 1.66. The Morgan fingerprint density at radius 1 is 1.12 bits per heavy atom. The zero-order valence-electron chi connectivity index (χ0n) is 14.0. The van der Waals surface area contributed by atoms with Crippen LogP contribution in [-0.2, 0) is 0 Å². The number of carbonyl (C=O) groups is 1. The molecule has 0 aromatic heterocycles. The Bertz CT molecular complexity index is 600. The van der Waals surface area contributed by atoms with Crippen molar-refractivity contribution in [2.75, 3.05) is 26.2 Å². The van der Waals surface area contributed by atoms with E-state index in [4.69, 9.17) is 4.74 Å². The quantitative estimate of drug-likeness (QED) is 0.885. The minimum Gasteiger partial charge on any atom is -0.487 e. The van der Waals surface area contributed by atoms with Gasteiger partial charge < -0.3 is 20.1 Å². The van der Waals surface area contributed by atoms with Gasteiger partial charge >= 0.3 is 0 Å². The molecule has 1 aromatic rings. The van der Waals surface area contributed by atoms with Crippen molar-refractivity contribution in [3.05, 3.63) is 29.8 Å². The summed E-state index contributed by atoms with van der Waals surface area (Å²) in [5, 5.41) is 13.9. The highest BCUT2D eigenvalue weighted by atomic mass is 16.5. The van der Waals surface area contributed by atoms with E-state index in [9.17, 15) is 9.90 Å². The van der Waals surface area contributed by atoms with E-state index in [1.165, 1.54) is 0 Å². The van der Waals surface area contributed by atoms with Gasteiger partial charge in [-0.15, -0.1) is 0 Å². The van der Waals surface area contributed by atoms with Crippen LogP contribution in [-0.4, -0.2) is 54.3 Å². The Kier molecular flexibility index (Phi) is 4.46. The SMILES string of the molecule is O=C(c1ccccc1O[C@@H]1C[C@@H]2CNC[C@@H]2C[C@H]1O)N1CCCC1. The third kappa shape index (κ3) is 3.03. The topological polar surface area (TPSA) is 61.8 Å². The fraction of sp³-hybridized carbons (Fsp3) is 0.632. The number of fused-ring (bicyclic) bond motifs is 1. The molecule has 1 aliphatic carbocycles. The molecule has 130 valence electrons. The molecular formula is C19H26N2O3. The first-order valence-corrected chi connectivity index (χ1v) is 9.16. The summed E-state index contributed by atoms with van der Waals surface area (Å²) in [7, 11) is 0. The summed E-state index contributed by atoms with van der Waals surface area (Å²) in [6.07, 6.45) is 3.10. The zero-order valence-corrected chi connectivity index (χ0v) is 14.0. The first-order valence-electron chi connectivity index (χ1n) is 9.16. The lowest BCUT2D eigenvalue weighted by Gasteiger charge is -2.35. The summed E-state index contributed by atoms with van der Waals surface area (Å²) >= 11 is 0. The highest BCUT2D eigenvalue weighted by Crippen LogP contribution is 2.35. The Balaban J connectivity index is 1.51. The lowest BCUT2D eigenvalue weighted by atomic mass is 9.78. The Morgan fingerprint density at radius 2 is 1.83 bits per heavy atom. The minimum atomic E-state index is -0.457. The fourth-order valence-electron chi connectivity index (χ4n) is 4.38. The van der Waals surface area contributed by atoms with Crippen molar-refractivity contribution >= 4 is 5.91 Å². The zero-order chi connectivity index (χ0) is 16.5. The Labute approximate surface area is 143 Å². The van der Waals surface area contributed by atoms with E-state index >= 15 is 0 Å². The van der Waals surface area contributed by atoms with Crippen LogP contribution in [0.15, 0.2) is 24.3 Å². The van der Waals surface area contributed by atoms with Crippen molar-refractivity contribution in [3.8, 4) is 5.75 Å². The van der Waals surface area contributed by atoms with E-state index < -0.39 is 6.10 Å². The third-order valence-corrected chi connectivity index (χ3v) is 5.78. The molecule has 5 heteroatoms. The van der Waals surface area contributed by atoms with E-state index in [1.54, 1.807) is 0 Å². The van der Waals surface area contributed by atoms with Crippen molar-refractivity contribution in [1.29, 1.82) is 0 Å². The van der Waals surface area contributed by atoms with Gasteiger partial charge in [0.2, 0.25) is 0 Å². The smallest absolute Gasteiger partial charge is 0.257 e. The average molecular weight is 330 g/mol. The van der Waals surface area contributed by atoms with E-state index in [-0.39, 0.29) is 12.0 Å². The van der Waals surface area contributed by atoms with E-state index in [0.29, 0.717) is 23.1 Å². The average Bonchev–Trinajstić information content (AvgIpc) is 3.26. The molecule has 3 fully saturated rings. The largest absolute Gasteiger partial charge is 0.487 e. The van der Waals surface area contributed by atoms with Gasteiger partial charge in [-0.25, -0.2) is 0 Å². The number of hydrogen-bond donors (Lipinski definition) is 2. The lowest BCUT2D eigenvalue weighted by Crippen LogP contribution is -2.42. The van der Waals surface area contributed by atoms with Crippen molar-refractivity contribution in [2.24, 2.45) is 11.8 Å². The molecule has 2 aliphatic heterocycles. The molecule has 0 unspecified atom stereocenters. The second-order valence-electron chi connectivity index (χ2n) is 7.37. The molecule has 2 heterocycles. The van der Waals surface area contributed by atoms with Crippen molar-refractivity contribution in [2.45, 2.75) is 37.9 Å². The monoisotopic (exact) mass is 330 g/mol. The number of nitrogens with one attached hydrogen (secondary N) is 1. The highest BCUT2D eigenvalue weighted by molar-refractivity contribution is 5.97. The second kappa shape index (κ2) is 6.73. The molecule has 4 atom stereocenters. The van der Waals surface area contributed by atoms with Crippen LogP contribution in [0.1, 0.15) is 36.0 Å². The van der Waals surface area contributed by atoms with E-state index in [0.717, 1.165) is 51.9 Å². The maximum Gasteiger partial charge on any atom is 0.257 e. The minimum absolute atomic E-state index is 0.0498. The standard InChI is InChI=1S/C19H26N2O3/c22-16-9-13-11-20-12-14(13)10-18(16)24-17-6-2-1-5-15(17)19(23)21-7-3-4-8-21/h1-2,5-6,13-14,16,18,20,22H,3-4,7-12H2/t13-,14+,16+,18+/m0/s1. The number of benzene rings is 1. The number of aliphatic hydroxyl groups is 1. The fourth-order valence-corrected chi connectivity index (χ4v) is 4.38. The van der Waals surface area contributed by atoms with E-state index in [1.807, 2.05) is 29.2 Å². The number of nitrogens with zero attached hydrogens (tertiary/aromatic N) is 1. The molecule has 24 heavy (non-hydrogen) atoms. The summed E-state index contributed by atoms with van der Waals surface area (Å²) in [6, 6.07) is 7.47. The molecule has 0 bridgehead atoms. The normalized spacial score (nSPS) is 32.6. The number of aliphatic hydroxyl groups excluding tert-OH is 1. The van der Waals surface area contributed by atoms with Crippen LogP contribution >= 0.6 is 0 Å². The first kappa shape index (κ1) is 15.9. The molecule has 1 amide bonds. The van der Waals surface area contributed by atoms with Crippen LogP contribution in [0.3, 0.4) is 0 Å².